The number of carboxylic acids is 1. The van der Waals surface area contributed by atoms with E-state index in [2.05, 4.69) is 4.98 Å². The molecule has 0 aliphatic rings. The second-order valence-corrected chi connectivity index (χ2v) is 6.40. The third kappa shape index (κ3) is 4.13. The van der Waals surface area contributed by atoms with Gasteiger partial charge in [0.2, 0.25) is 11.7 Å². The maximum Gasteiger partial charge on any atom is 0.358 e. The molecule has 1 aromatic heterocycles. The van der Waals surface area contributed by atoms with E-state index in [-0.39, 0.29) is 30.8 Å². The molecule has 0 spiro atoms. The minimum absolute atomic E-state index is 0.145. The van der Waals surface area contributed by atoms with Gasteiger partial charge in [-0.25, -0.2) is 9.78 Å². The molecule has 2 aromatic rings. The second-order valence-electron chi connectivity index (χ2n) is 6.40. The SMILES string of the molecule is CCOc1c(C(=O)O)nc(N(C)Cc2ccccc2C(=O)N(C)C)n(C)c1=O. The van der Waals surface area contributed by atoms with Gasteiger partial charge >= 0.3 is 5.97 Å². The molecule has 9 heteroatoms. The maximum atomic E-state index is 12.6. The van der Waals surface area contributed by atoms with E-state index in [1.54, 1.807) is 51.2 Å². The monoisotopic (exact) mass is 388 g/mol. The Morgan fingerprint density at radius 1 is 1.21 bits per heavy atom. The van der Waals surface area contributed by atoms with E-state index in [0.29, 0.717) is 5.56 Å². The van der Waals surface area contributed by atoms with Crippen LogP contribution < -0.4 is 15.2 Å². The smallest absolute Gasteiger partial charge is 0.358 e. The van der Waals surface area contributed by atoms with Crippen LogP contribution in [0.5, 0.6) is 5.75 Å². The van der Waals surface area contributed by atoms with Crippen LogP contribution in [0.4, 0.5) is 5.95 Å². The van der Waals surface area contributed by atoms with Gasteiger partial charge in [0, 0.05) is 40.3 Å². The topological polar surface area (TPSA) is 105 Å². The number of hydrogen-bond acceptors (Lipinski definition) is 6. The highest BCUT2D eigenvalue weighted by Gasteiger charge is 2.23. The van der Waals surface area contributed by atoms with Crippen molar-refractivity contribution in [2.45, 2.75) is 13.5 Å². The van der Waals surface area contributed by atoms with Gasteiger partial charge in [0.1, 0.15) is 0 Å². The Hall–Kier alpha value is -3.36. The van der Waals surface area contributed by atoms with Crippen LogP contribution in [-0.4, -0.2) is 59.2 Å². The molecule has 1 aromatic carbocycles. The molecule has 2 rings (SSSR count). The van der Waals surface area contributed by atoms with Gasteiger partial charge in [0.05, 0.1) is 6.61 Å². The number of carboxylic acid groups (broad SMARTS) is 1. The molecular weight excluding hydrogens is 364 g/mol. The van der Waals surface area contributed by atoms with Crippen LogP contribution in [0.2, 0.25) is 0 Å². The number of aromatic carboxylic acids is 1. The summed E-state index contributed by atoms with van der Waals surface area (Å²) in [7, 11) is 6.50. The highest BCUT2D eigenvalue weighted by molar-refractivity contribution is 5.95. The minimum Gasteiger partial charge on any atom is -0.486 e. The number of amides is 1. The summed E-state index contributed by atoms with van der Waals surface area (Å²) in [6, 6.07) is 7.10. The molecule has 0 saturated heterocycles. The van der Waals surface area contributed by atoms with Crippen LogP contribution in [0.25, 0.3) is 0 Å². The van der Waals surface area contributed by atoms with Crippen LogP contribution in [0, 0.1) is 0 Å². The average molecular weight is 388 g/mol. The van der Waals surface area contributed by atoms with Crippen LogP contribution in [0.1, 0.15) is 33.3 Å². The second kappa shape index (κ2) is 8.55. The Morgan fingerprint density at radius 3 is 2.43 bits per heavy atom. The molecule has 0 aliphatic heterocycles. The fourth-order valence-electron chi connectivity index (χ4n) is 2.76. The Balaban J connectivity index is 2.49. The summed E-state index contributed by atoms with van der Waals surface area (Å²) in [5.74, 6) is -1.64. The van der Waals surface area contributed by atoms with E-state index >= 15 is 0 Å². The summed E-state index contributed by atoms with van der Waals surface area (Å²) in [4.78, 5) is 43.8. The van der Waals surface area contributed by atoms with Crippen molar-refractivity contribution < 1.29 is 19.4 Å². The highest BCUT2D eigenvalue weighted by atomic mass is 16.5. The fourth-order valence-corrected chi connectivity index (χ4v) is 2.76. The van der Waals surface area contributed by atoms with Gasteiger partial charge in [-0.1, -0.05) is 18.2 Å². The molecule has 0 atom stereocenters. The first kappa shape index (κ1) is 20.9. The summed E-state index contributed by atoms with van der Waals surface area (Å²) >= 11 is 0. The van der Waals surface area contributed by atoms with Gasteiger partial charge in [0.15, 0.2) is 5.69 Å². The first-order chi connectivity index (χ1) is 13.2. The zero-order valence-electron chi connectivity index (χ0n) is 16.6. The molecule has 0 unspecified atom stereocenters. The van der Waals surface area contributed by atoms with Gasteiger partial charge in [-0.2, -0.15) is 0 Å². The van der Waals surface area contributed by atoms with Crippen LogP contribution >= 0.6 is 0 Å². The Labute approximate surface area is 162 Å². The highest BCUT2D eigenvalue weighted by Crippen LogP contribution is 2.19. The summed E-state index contributed by atoms with van der Waals surface area (Å²) in [5.41, 5.74) is 0.218. The molecule has 0 aliphatic carbocycles. The van der Waals surface area contributed by atoms with Gasteiger partial charge in [-0.15, -0.1) is 0 Å². The standard InChI is InChI=1S/C19H24N4O5/c1-6-28-15-14(18(26)27)20-19(23(5)17(15)25)22(4)11-12-9-7-8-10-13(12)16(24)21(2)3/h7-10H,6,11H2,1-5H3,(H,26,27). The molecule has 0 radical (unpaired) electrons. The summed E-state index contributed by atoms with van der Waals surface area (Å²) in [6.45, 7) is 2.05. The van der Waals surface area contributed by atoms with E-state index in [9.17, 15) is 19.5 Å². The van der Waals surface area contributed by atoms with Gasteiger partial charge in [0.25, 0.3) is 11.5 Å². The van der Waals surface area contributed by atoms with Crippen LogP contribution in [0.15, 0.2) is 29.1 Å². The normalized spacial score (nSPS) is 10.5. The number of benzene rings is 1. The zero-order chi connectivity index (χ0) is 21.0. The number of nitrogens with zero attached hydrogens (tertiary/aromatic N) is 4. The van der Waals surface area contributed by atoms with Gasteiger partial charge < -0.3 is 19.6 Å². The summed E-state index contributed by atoms with van der Waals surface area (Å²) < 4.78 is 6.42. The Morgan fingerprint density at radius 2 is 1.86 bits per heavy atom. The Bertz CT molecular complexity index is 952. The zero-order valence-corrected chi connectivity index (χ0v) is 16.6. The van der Waals surface area contributed by atoms with E-state index in [0.717, 1.165) is 5.56 Å². The lowest BCUT2D eigenvalue weighted by molar-refractivity contribution is 0.0684. The fraction of sp³-hybridized carbons (Fsp3) is 0.368. The van der Waals surface area contributed by atoms with Crippen molar-refractivity contribution in [1.82, 2.24) is 14.5 Å². The molecule has 1 amide bonds. The average Bonchev–Trinajstić information content (AvgIpc) is 2.65. The number of carbonyl (C=O) groups excluding carboxylic acids is 1. The lowest BCUT2D eigenvalue weighted by Crippen LogP contribution is -2.32. The molecule has 1 N–H and O–H groups in total. The third-order valence-corrected chi connectivity index (χ3v) is 4.12. The third-order valence-electron chi connectivity index (χ3n) is 4.12. The number of anilines is 1. The quantitative estimate of drug-likeness (QED) is 0.760. The predicted molar refractivity (Wildman–Crippen MR) is 104 cm³/mol. The van der Waals surface area contributed by atoms with Crippen LogP contribution in [-0.2, 0) is 13.6 Å². The Kier molecular flexibility index (Phi) is 6.40. The lowest BCUT2D eigenvalue weighted by Gasteiger charge is -2.23. The molecule has 0 saturated carbocycles. The number of hydrogen-bond donors (Lipinski definition) is 1. The number of rotatable bonds is 7. The number of aromatic nitrogens is 2. The minimum atomic E-state index is -1.35. The largest absolute Gasteiger partial charge is 0.486 e. The van der Waals surface area contributed by atoms with E-state index in [1.165, 1.54) is 16.5 Å². The molecule has 0 bridgehead atoms. The maximum absolute atomic E-state index is 12.6. The van der Waals surface area contributed by atoms with Crippen molar-refractivity contribution in [3.8, 4) is 5.75 Å². The molecule has 1 heterocycles. The van der Waals surface area contributed by atoms with Crippen molar-refractivity contribution in [1.29, 1.82) is 0 Å². The molecule has 0 fully saturated rings. The first-order valence-corrected chi connectivity index (χ1v) is 8.66. The lowest BCUT2D eigenvalue weighted by atomic mass is 10.1. The number of ether oxygens (including phenoxy) is 1. The summed E-state index contributed by atoms with van der Waals surface area (Å²) in [5, 5.41) is 9.42. The van der Waals surface area contributed by atoms with Gasteiger partial charge in [-0.05, 0) is 18.6 Å². The van der Waals surface area contributed by atoms with Crippen molar-refractivity contribution >= 4 is 17.8 Å². The van der Waals surface area contributed by atoms with E-state index in [4.69, 9.17) is 4.74 Å². The molecule has 150 valence electrons. The first-order valence-electron chi connectivity index (χ1n) is 8.66. The van der Waals surface area contributed by atoms with Crippen molar-refractivity contribution in [3.05, 3.63) is 51.4 Å². The summed E-state index contributed by atoms with van der Waals surface area (Å²) in [6.07, 6.45) is 0. The number of carbonyl (C=O) groups is 2. The van der Waals surface area contributed by atoms with E-state index in [1.807, 2.05) is 6.07 Å². The van der Waals surface area contributed by atoms with Crippen LogP contribution in [0.3, 0.4) is 0 Å². The van der Waals surface area contributed by atoms with Gasteiger partial charge in [-0.3, -0.25) is 14.2 Å². The van der Waals surface area contributed by atoms with E-state index < -0.39 is 17.2 Å². The molecule has 9 nitrogen and oxygen atoms in total. The van der Waals surface area contributed by atoms with Crippen molar-refractivity contribution in [3.63, 3.8) is 0 Å². The predicted octanol–water partition coefficient (Wildman–Crippen LogP) is 1.22. The van der Waals surface area contributed by atoms with Crippen molar-refractivity contribution in [2.24, 2.45) is 7.05 Å². The van der Waals surface area contributed by atoms with Crippen molar-refractivity contribution in [2.75, 3.05) is 32.6 Å². The molecule has 28 heavy (non-hydrogen) atoms. The molecular formula is C19H24N4O5.